The number of ether oxygens (including phenoxy) is 1. The first-order chi connectivity index (χ1) is 9.10. The van der Waals surface area contributed by atoms with Gasteiger partial charge in [0.15, 0.2) is 0 Å². The van der Waals surface area contributed by atoms with Crippen LogP contribution in [-0.4, -0.2) is 23.4 Å². The van der Waals surface area contributed by atoms with Crippen molar-refractivity contribution in [1.82, 2.24) is 10.5 Å². The summed E-state index contributed by atoms with van der Waals surface area (Å²) >= 11 is 0. The Balaban J connectivity index is 1.64. The maximum Gasteiger partial charge on any atom is 0.138 e. The van der Waals surface area contributed by atoms with Gasteiger partial charge in [-0.05, 0) is 52.9 Å². The van der Waals surface area contributed by atoms with E-state index in [4.69, 9.17) is 9.26 Å². The topological polar surface area (TPSA) is 47.3 Å². The third-order valence-electron chi connectivity index (χ3n) is 4.77. The minimum atomic E-state index is 0.203. The summed E-state index contributed by atoms with van der Waals surface area (Å²) < 4.78 is 11.2. The molecule has 1 aromatic heterocycles. The molecule has 2 fully saturated rings. The van der Waals surface area contributed by atoms with Crippen molar-refractivity contribution in [2.24, 2.45) is 0 Å². The van der Waals surface area contributed by atoms with Crippen molar-refractivity contribution in [3.8, 4) is 0 Å². The molecule has 1 aliphatic carbocycles. The molecular formula is C15H24N2O2. The Kier molecular flexibility index (Phi) is 3.39. The summed E-state index contributed by atoms with van der Waals surface area (Å²) in [7, 11) is 0. The first kappa shape index (κ1) is 13.1. The van der Waals surface area contributed by atoms with Gasteiger partial charge in [-0.2, -0.15) is 0 Å². The Morgan fingerprint density at radius 3 is 2.74 bits per heavy atom. The van der Waals surface area contributed by atoms with Crippen LogP contribution in [0.4, 0.5) is 0 Å². The molecule has 19 heavy (non-hydrogen) atoms. The van der Waals surface area contributed by atoms with E-state index in [1.807, 2.05) is 13.8 Å². The summed E-state index contributed by atoms with van der Waals surface area (Å²) in [5, 5.41) is 7.79. The lowest BCUT2D eigenvalue weighted by Crippen LogP contribution is -2.51. The standard InChI is InChI=1S/C15H24N2O2/c1-10(14-11(2)17-19-12(14)3)16-13-5-8-18-15(9-13)6-4-7-15/h10,13,16H,4-9H2,1-3H3. The first-order valence-corrected chi connectivity index (χ1v) is 7.42. The SMILES string of the molecule is Cc1noc(C)c1C(C)NC1CCOC2(CCC2)C1. The second-order valence-corrected chi connectivity index (χ2v) is 6.20. The van der Waals surface area contributed by atoms with Crippen molar-refractivity contribution in [3.05, 3.63) is 17.0 Å². The molecule has 2 unspecified atom stereocenters. The first-order valence-electron chi connectivity index (χ1n) is 7.42. The zero-order valence-electron chi connectivity index (χ0n) is 12.2. The number of hydrogen-bond acceptors (Lipinski definition) is 4. The molecule has 1 aromatic rings. The lowest BCUT2D eigenvalue weighted by Gasteiger charge is -2.47. The third-order valence-corrected chi connectivity index (χ3v) is 4.77. The molecular weight excluding hydrogens is 240 g/mol. The van der Waals surface area contributed by atoms with Crippen LogP contribution in [0.1, 0.15) is 62.1 Å². The normalized spacial score (nSPS) is 27.2. The fourth-order valence-corrected chi connectivity index (χ4v) is 3.63. The average Bonchev–Trinajstić information content (AvgIpc) is 2.67. The molecule has 2 atom stereocenters. The van der Waals surface area contributed by atoms with Crippen molar-refractivity contribution in [3.63, 3.8) is 0 Å². The van der Waals surface area contributed by atoms with Gasteiger partial charge in [0.05, 0.1) is 11.3 Å². The van der Waals surface area contributed by atoms with E-state index in [0.29, 0.717) is 12.1 Å². The molecule has 1 saturated carbocycles. The summed E-state index contributed by atoms with van der Waals surface area (Å²) in [6.45, 7) is 7.10. The van der Waals surface area contributed by atoms with Crippen molar-refractivity contribution in [2.75, 3.05) is 6.61 Å². The van der Waals surface area contributed by atoms with Crippen molar-refractivity contribution >= 4 is 0 Å². The fraction of sp³-hybridized carbons (Fsp3) is 0.800. The van der Waals surface area contributed by atoms with E-state index in [1.54, 1.807) is 0 Å². The third kappa shape index (κ3) is 2.43. The van der Waals surface area contributed by atoms with Gasteiger partial charge in [-0.25, -0.2) is 0 Å². The molecule has 3 rings (SSSR count). The molecule has 1 spiro atoms. The van der Waals surface area contributed by atoms with Gasteiger partial charge < -0.3 is 14.6 Å². The second-order valence-electron chi connectivity index (χ2n) is 6.20. The van der Waals surface area contributed by atoms with Gasteiger partial charge >= 0.3 is 0 Å². The highest BCUT2D eigenvalue weighted by Gasteiger charge is 2.42. The van der Waals surface area contributed by atoms with E-state index in [2.05, 4.69) is 17.4 Å². The molecule has 106 valence electrons. The average molecular weight is 264 g/mol. The molecule has 1 saturated heterocycles. The summed E-state index contributed by atoms with van der Waals surface area (Å²) in [6, 6.07) is 0.851. The van der Waals surface area contributed by atoms with Gasteiger partial charge in [0.25, 0.3) is 0 Å². The number of nitrogens with one attached hydrogen (secondary N) is 1. The van der Waals surface area contributed by atoms with E-state index < -0.39 is 0 Å². The maximum atomic E-state index is 5.98. The predicted octanol–water partition coefficient (Wildman–Crippen LogP) is 3.04. The molecule has 0 bridgehead atoms. The van der Waals surface area contributed by atoms with Gasteiger partial charge in [-0.3, -0.25) is 0 Å². The zero-order valence-corrected chi connectivity index (χ0v) is 12.2. The number of nitrogens with zero attached hydrogens (tertiary/aromatic N) is 1. The molecule has 1 N–H and O–H groups in total. The number of aromatic nitrogens is 1. The van der Waals surface area contributed by atoms with E-state index in [9.17, 15) is 0 Å². The van der Waals surface area contributed by atoms with Crippen molar-refractivity contribution in [2.45, 2.75) is 70.6 Å². The summed E-state index contributed by atoms with van der Waals surface area (Å²) in [4.78, 5) is 0. The highest BCUT2D eigenvalue weighted by atomic mass is 16.5. The Morgan fingerprint density at radius 1 is 1.37 bits per heavy atom. The highest BCUT2D eigenvalue weighted by molar-refractivity contribution is 5.24. The quantitative estimate of drug-likeness (QED) is 0.911. The number of rotatable bonds is 3. The molecule has 0 aromatic carbocycles. The smallest absolute Gasteiger partial charge is 0.138 e. The lowest BCUT2D eigenvalue weighted by molar-refractivity contribution is -0.136. The Labute approximate surface area is 114 Å². The van der Waals surface area contributed by atoms with Gasteiger partial charge in [-0.15, -0.1) is 0 Å². The van der Waals surface area contributed by atoms with Crippen LogP contribution in [0, 0.1) is 13.8 Å². The number of hydrogen-bond donors (Lipinski definition) is 1. The maximum absolute atomic E-state index is 5.98. The van der Waals surface area contributed by atoms with E-state index in [-0.39, 0.29) is 5.60 Å². The van der Waals surface area contributed by atoms with Crippen LogP contribution in [0.5, 0.6) is 0 Å². The fourth-order valence-electron chi connectivity index (χ4n) is 3.63. The highest BCUT2D eigenvalue weighted by Crippen LogP contribution is 2.42. The minimum absolute atomic E-state index is 0.203. The molecule has 4 heteroatoms. The lowest BCUT2D eigenvalue weighted by atomic mass is 9.74. The van der Waals surface area contributed by atoms with Gasteiger partial charge in [-0.1, -0.05) is 5.16 Å². The van der Waals surface area contributed by atoms with Crippen LogP contribution < -0.4 is 5.32 Å². The Hall–Kier alpha value is -0.870. The summed E-state index contributed by atoms with van der Waals surface area (Å²) in [5.74, 6) is 0.933. The molecule has 0 radical (unpaired) electrons. The molecule has 0 amide bonds. The Morgan fingerprint density at radius 2 is 2.16 bits per heavy atom. The van der Waals surface area contributed by atoms with Crippen LogP contribution in [0.25, 0.3) is 0 Å². The van der Waals surface area contributed by atoms with Crippen LogP contribution in [-0.2, 0) is 4.74 Å². The molecule has 2 aliphatic rings. The van der Waals surface area contributed by atoms with Gasteiger partial charge in [0.2, 0.25) is 0 Å². The van der Waals surface area contributed by atoms with Crippen LogP contribution in [0.15, 0.2) is 4.52 Å². The van der Waals surface area contributed by atoms with Gasteiger partial charge in [0, 0.05) is 24.3 Å². The molecule has 1 aliphatic heterocycles. The van der Waals surface area contributed by atoms with Crippen molar-refractivity contribution < 1.29 is 9.26 Å². The minimum Gasteiger partial charge on any atom is -0.375 e. The summed E-state index contributed by atoms with van der Waals surface area (Å²) in [5.41, 5.74) is 2.42. The van der Waals surface area contributed by atoms with E-state index in [0.717, 1.165) is 30.9 Å². The Bertz CT molecular complexity index is 431. The van der Waals surface area contributed by atoms with Crippen molar-refractivity contribution in [1.29, 1.82) is 0 Å². The summed E-state index contributed by atoms with van der Waals surface area (Å²) in [6.07, 6.45) is 6.07. The van der Waals surface area contributed by atoms with Crippen LogP contribution >= 0.6 is 0 Å². The van der Waals surface area contributed by atoms with Crippen LogP contribution in [0.2, 0.25) is 0 Å². The second kappa shape index (κ2) is 4.91. The monoisotopic (exact) mass is 264 g/mol. The van der Waals surface area contributed by atoms with Gasteiger partial charge in [0.1, 0.15) is 5.76 Å². The molecule has 4 nitrogen and oxygen atoms in total. The largest absolute Gasteiger partial charge is 0.375 e. The van der Waals surface area contributed by atoms with E-state index in [1.165, 1.54) is 24.8 Å². The predicted molar refractivity (Wildman–Crippen MR) is 73.1 cm³/mol. The van der Waals surface area contributed by atoms with Crippen LogP contribution in [0.3, 0.4) is 0 Å². The molecule has 2 heterocycles. The van der Waals surface area contributed by atoms with E-state index >= 15 is 0 Å². The number of aryl methyl sites for hydroxylation is 2. The zero-order chi connectivity index (χ0) is 13.5.